The van der Waals surface area contributed by atoms with Gasteiger partial charge in [0.05, 0.1) is 31.9 Å². The minimum atomic E-state index is -0.607. The van der Waals surface area contributed by atoms with Crippen molar-refractivity contribution in [2.45, 2.75) is 26.9 Å². The zero-order valence-electron chi connectivity index (χ0n) is 17.9. The van der Waals surface area contributed by atoms with Crippen molar-refractivity contribution in [2.24, 2.45) is 0 Å². The topological polar surface area (TPSA) is 111 Å². The van der Waals surface area contributed by atoms with E-state index in [-0.39, 0.29) is 43.9 Å². The molecule has 0 aromatic heterocycles. The highest BCUT2D eigenvalue weighted by Gasteiger charge is 2.26. The summed E-state index contributed by atoms with van der Waals surface area (Å²) in [5.41, 5.74) is 0.840. The van der Waals surface area contributed by atoms with Crippen LogP contribution < -0.4 is 15.5 Å². The van der Waals surface area contributed by atoms with E-state index in [2.05, 4.69) is 10.6 Å². The van der Waals surface area contributed by atoms with Gasteiger partial charge >= 0.3 is 0 Å². The molecular weight excluding hydrogens is 409 g/mol. The fourth-order valence-corrected chi connectivity index (χ4v) is 3.29. The number of nitrogens with one attached hydrogen (secondary N) is 2. The van der Waals surface area contributed by atoms with Gasteiger partial charge in [-0.2, -0.15) is 0 Å². The average Bonchev–Trinajstić information content (AvgIpc) is 2.93. The molecule has 0 bridgehead atoms. The minimum Gasteiger partial charge on any atom is -0.461 e. The summed E-state index contributed by atoms with van der Waals surface area (Å²) in [7, 11) is 0. The summed E-state index contributed by atoms with van der Waals surface area (Å²) in [6, 6.07) is 4.62. The van der Waals surface area contributed by atoms with E-state index in [9.17, 15) is 23.6 Å². The molecule has 1 fully saturated rings. The van der Waals surface area contributed by atoms with Crippen molar-refractivity contribution in [1.82, 2.24) is 15.3 Å². The number of carbonyl (C=O) groups is 4. The monoisotopic (exact) mass is 437 g/mol. The number of nitrogens with zero attached hydrogens (tertiary/aromatic N) is 3. The quantitative estimate of drug-likeness (QED) is 0.565. The molecule has 0 spiro atoms. The molecule has 3 amide bonds. The third kappa shape index (κ3) is 6.83. The van der Waals surface area contributed by atoms with Crippen molar-refractivity contribution in [3.63, 3.8) is 0 Å². The normalized spacial score (nSPS) is 15.0. The van der Waals surface area contributed by atoms with Crippen LogP contribution in [0.25, 0.3) is 0 Å². The van der Waals surface area contributed by atoms with Gasteiger partial charge < -0.3 is 20.3 Å². The summed E-state index contributed by atoms with van der Waals surface area (Å²) in [6.07, 6.45) is -0.607. The second kappa shape index (κ2) is 11.1. The average molecular weight is 437 g/mol. The Balaban J connectivity index is 2.04. The Bertz CT molecular complexity index is 797. The molecule has 1 aromatic rings. The largest absolute Gasteiger partial charge is 0.461 e. The second-order valence-electron chi connectivity index (χ2n) is 7.11. The van der Waals surface area contributed by atoms with Crippen molar-refractivity contribution in [3.8, 4) is 0 Å². The number of halogens is 1. The van der Waals surface area contributed by atoms with Crippen LogP contribution in [0.3, 0.4) is 0 Å². The predicted molar refractivity (Wildman–Crippen MR) is 111 cm³/mol. The molecule has 0 unspecified atom stereocenters. The summed E-state index contributed by atoms with van der Waals surface area (Å²) in [5, 5.41) is 8.29. The highest BCUT2D eigenvalue weighted by Crippen LogP contribution is 2.24. The molecule has 170 valence electrons. The van der Waals surface area contributed by atoms with Gasteiger partial charge in [-0.25, -0.2) is 14.4 Å². The lowest BCUT2D eigenvalue weighted by Gasteiger charge is -2.30. The maximum absolute atomic E-state index is 14.8. The Morgan fingerprint density at radius 1 is 1.06 bits per heavy atom. The number of hydrazine groups is 1. The molecule has 2 rings (SSSR count). The first-order chi connectivity index (χ1) is 14.7. The molecule has 1 aliphatic heterocycles. The van der Waals surface area contributed by atoms with Gasteiger partial charge in [-0.1, -0.05) is 0 Å². The molecule has 1 atom stereocenters. The maximum atomic E-state index is 14.8. The van der Waals surface area contributed by atoms with Crippen LogP contribution in [0.5, 0.6) is 0 Å². The predicted octanol–water partition coefficient (Wildman–Crippen LogP) is 0.347. The highest BCUT2D eigenvalue weighted by atomic mass is 19.1. The van der Waals surface area contributed by atoms with E-state index in [0.29, 0.717) is 30.9 Å². The van der Waals surface area contributed by atoms with Crippen molar-refractivity contribution >= 4 is 35.6 Å². The van der Waals surface area contributed by atoms with Crippen LogP contribution in [-0.2, 0) is 23.9 Å². The van der Waals surface area contributed by atoms with Crippen molar-refractivity contribution in [1.29, 1.82) is 0 Å². The highest BCUT2D eigenvalue weighted by molar-refractivity contribution is 5.79. The molecule has 31 heavy (non-hydrogen) atoms. The van der Waals surface area contributed by atoms with Crippen LogP contribution in [0.4, 0.5) is 15.8 Å². The van der Waals surface area contributed by atoms with Crippen LogP contribution >= 0.6 is 0 Å². The molecule has 0 aliphatic carbocycles. The van der Waals surface area contributed by atoms with E-state index in [4.69, 9.17) is 4.74 Å². The zero-order valence-corrected chi connectivity index (χ0v) is 17.9. The number of benzene rings is 1. The maximum Gasteiger partial charge on any atom is 0.293 e. The SMILES string of the molecule is CC(=O)NC[C@@H](CNc1ccc(N2CCN(C(C)=O)N(C(C)=O)CC2)c(F)c1)OC=O. The van der Waals surface area contributed by atoms with Crippen molar-refractivity contribution in [2.75, 3.05) is 49.5 Å². The number of hydrogen-bond acceptors (Lipinski definition) is 7. The Hall–Kier alpha value is -3.37. The molecule has 0 radical (unpaired) electrons. The first-order valence-corrected chi connectivity index (χ1v) is 9.91. The standard InChI is InChI=1S/C20H28FN5O5/c1-14(28)22-11-18(31-13-27)12-23-17-4-5-20(19(21)10-17)24-6-8-25(15(2)29)26(9-7-24)16(3)30/h4-5,10,13,18,23H,6-9,11-12H2,1-3H3,(H,22,28)/t18-/m0/s1. The van der Waals surface area contributed by atoms with Gasteiger partial charge in [0, 0.05) is 39.5 Å². The molecule has 0 saturated carbocycles. The lowest BCUT2D eigenvalue weighted by Crippen LogP contribution is -2.48. The number of carbonyl (C=O) groups excluding carboxylic acids is 4. The molecular formula is C20H28FN5O5. The number of hydrogen-bond donors (Lipinski definition) is 2. The van der Waals surface area contributed by atoms with Crippen LogP contribution in [0.15, 0.2) is 18.2 Å². The molecule has 2 N–H and O–H groups in total. The number of amides is 3. The molecule has 1 heterocycles. The van der Waals surface area contributed by atoms with Gasteiger partial charge in [0.1, 0.15) is 11.9 Å². The van der Waals surface area contributed by atoms with Gasteiger partial charge in [0.25, 0.3) is 6.47 Å². The van der Waals surface area contributed by atoms with Crippen LogP contribution in [0.1, 0.15) is 20.8 Å². The second-order valence-corrected chi connectivity index (χ2v) is 7.11. The van der Waals surface area contributed by atoms with E-state index in [0.717, 1.165) is 0 Å². The smallest absolute Gasteiger partial charge is 0.293 e. The third-order valence-corrected chi connectivity index (χ3v) is 4.83. The first-order valence-electron chi connectivity index (χ1n) is 9.91. The number of rotatable bonds is 8. The number of anilines is 2. The van der Waals surface area contributed by atoms with Gasteiger partial charge in [-0.3, -0.25) is 19.2 Å². The van der Waals surface area contributed by atoms with Crippen LogP contribution in [-0.4, -0.2) is 79.6 Å². The minimum absolute atomic E-state index is 0.134. The van der Waals surface area contributed by atoms with E-state index in [1.807, 2.05) is 0 Å². The number of ether oxygens (including phenoxy) is 1. The Morgan fingerprint density at radius 2 is 1.68 bits per heavy atom. The summed E-state index contributed by atoms with van der Waals surface area (Å²) in [4.78, 5) is 47.1. The lowest BCUT2D eigenvalue weighted by molar-refractivity contribution is -0.159. The molecule has 1 aromatic carbocycles. The van der Waals surface area contributed by atoms with Crippen LogP contribution in [0, 0.1) is 5.82 Å². The molecule has 1 aliphatic rings. The van der Waals surface area contributed by atoms with E-state index in [1.165, 1.54) is 36.9 Å². The summed E-state index contributed by atoms with van der Waals surface area (Å²) in [6.45, 7) is 6.03. The fourth-order valence-electron chi connectivity index (χ4n) is 3.29. The summed E-state index contributed by atoms with van der Waals surface area (Å²) in [5.74, 6) is -1.21. The van der Waals surface area contributed by atoms with Gasteiger partial charge in [0.2, 0.25) is 17.7 Å². The van der Waals surface area contributed by atoms with Gasteiger partial charge in [-0.15, -0.1) is 0 Å². The first kappa shape index (κ1) is 23.9. The van der Waals surface area contributed by atoms with E-state index < -0.39 is 11.9 Å². The summed E-state index contributed by atoms with van der Waals surface area (Å²) >= 11 is 0. The zero-order chi connectivity index (χ0) is 23.0. The van der Waals surface area contributed by atoms with Gasteiger partial charge in [0.15, 0.2) is 0 Å². The van der Waals surface area contributed by atoms with Crippen molar-refractivity contribution < 1.29 is 28.3 Å². The van der Waals surface area contributed by atoms with Gasteiger partial charge in [-0.05, 0) is 18.2 Å². The lowest BCUT2D eigenvalue weighted by atomic mass is 10.2. The molecule has 1 saturated heterocycles. The van der Waals surface area contributed by atoms with E-state index in [1.54, 1.807) is 17.0 Å². The summed E-state index contributed by atoms with van der Waals surface area (Å²) < 4.78 is 19.7. The van der Waals surface area contributed by atoms with Crippen LogP contribution in [0.2, 0.25) is 0 Å². The fraction of sp³-hybridized carbons (Fsp3) is 0.500. The Morgan fingerprint density at radius 3 is 2.16 bits per heavy atom. The Labute approximate surface area is 180 Å². The molecule has 11 heteroatoms. The third-order valence-electron chi connectivity index (χ3n) is 4.83. The molecule has 10 nitrogen and oxygen atoms in total. The van der Waals surface area contributed by atoms with E-state index >= 15 is 0 Å². The van der Waals surface area contributed by atoms with Crippen molar-refractivity contribution in [3.05, 3.63) is 24.0 Å². The Kier molecular flexibility index (Phi) is 8.59.